The number of carbonyl (C=O) groups excluding carboxylic acids is 1. The molecule has 0 radical (unpaired) electrons. The molecule has 0 aliphatic carbocycles. The summed E-state index contributed by atoms with van der Waals surface area (Å²) in [6.45, 7) is 4.11. The summed E-state index contributed by atoms with van der Waals surface area (Å²) in [6, 6.07) is 11.8. The number of benzene rings is 2. The SMILES string of the molecule is COc1ccc2cc(/C=C/C(=O)OCc3nc(CC(C)C)no3)ccc2c1. The van der Waals surface area contributed by atoms with Crippen molar-refractivity contribution < 1.29 is 18.8 Å². The molecule has 2 aromatic carbocycles. The van der Waals surface area contributed by atoms with E-state index in [1.165, 1.54) is 6.08 Å². The summed E-state index contributed by atoms with van der Waals surface area (Å²) >= 11 is 0. The molecule has 0 bridgehead atoms. The summed E-state index contributed by atoms with van der Waals surface area (Å²) in [5, 5.41) is 6.00. The molecule has 27 heavy (non-hydrogen) atoms. The van der Waals surface area contributed by atoms with Gasteiger partial charge in [0.05, 0.1) is 7.11 Å². The summed E-state index contributed by atoms with van der Waals surface area (Å²) in [6.07, 6.45) is 3.82. The van der Waals surface area contributed by atoms with E-state index in [1.807, 2.05) is 36.4 Å². The maximum atomic E-state index is 11.9. The Morgan fingerprint density at radius 2 is 1.96 bits per heavy atom. The first-order valence-corrected chi connectivity index (χ1v) is 8.77. The highest BCUT2D eigenvalue weighted by molar-refractivity contribution is 5.90. The van der Waals surface area contributed by atoms with Crippen molar-refractivity contribution in [3.63, 3.8) is 0 Å². The first-order valence-electron chi connectivity index (χ1n) is 8.77. The van der Waals surface area contributed by atoms with Gasteiger partial charge in [-0.3, -0.25) is 0 Å². The van der Waals surface area contributed by atoms with Crippen LogP contribution >= 0.6 is 0 Å². The maximum Gasteiger partial charge on any atom is 0.331 e. The zero-order valence-electron chi connectivity index (χ0n) is 15.6. The molecule has 0 saturated heterocycles. The van der Waals surface area contributed by atoms with Crippen molar-refractivity contribution in [2.24, 2.45) is 5.92 Å². The van der Waals surface area contributed by atoms with Gasteiger partial charge in [0.25, 0.3) is 5.89 Å². The average Bonchev–Trinajstić information content (AvgIpc) is 3.10. The Morgan fingerprint density at radius 3 is 2.74 bits per heavy atom. The van der Waals surface area contributed by atoms with Crippen LogP contribution in [0.15, 0.2) is 47.0 Å². The Kier molecular flexibility index (Phi) is 5.86. The molecule has 0 fully saturated rings. The monoisotopic (exact) mass is 366 g/mol. The van der Waals surface area contributed by atoms with Crippen molar-refractivity contribution in [3.05, 3.63) is 59.8 Å². The molecule has 0 atom stereocenters. The van der Waals surface area contributed by atoms with Crippen LogP contribution in [0, 0.1) is 5.92 Å². The molecule has 0 aliphatic heterocycles. The van der Waals surface area contributed by atoms with Crippen molar-refractivity contribution in [1.82, 2.24) is 10.1 Å². The van der Waals surface area contributed by atoms with Gasteiger partial charge in [0.2, 0.25) is 0 Å². The van der Waals surface area contributed by atoms with E-state index < -0.39 is 5.97 Å². The Bertz CT molecular complexity index is 960. The summed E-state index contributed by atoms with van der Waals surface area (Å²) in [4.78, 5) is 16.1. The number of fused-ring (bicyclic) bond motifs is 1. The number of nitrogens with zero attached hydrogens (tertiary/aromatic N) is 2. The van der Waals surface area contributed by atoms with Crippen LogP contribution in [0.5, 0.6) is 5.75 Å². The van der Waals surface area contributed by atoms with E-state index in [2.05, 4.69) is 24.0 Å². The highest BCUT2D eigenvalue weighted by atomic mass is 16.6. The molecule has 6 nitrogen and oxygen atoms in total. The van der Waals surface area contributed by atoms with Crippen molar-refractivity contribution >= 4 is 22.8 Å². The van der Waals surface area contributed by atoms with Crippen LogP contribution in [0.4, 0.5) is 0 Å². The zero-order valence-corrected chi connectivity index (χ0v) is 15.6. The van der Waals surface area contributed by atoms with E-state index in [0.717, 1.165) is 28.5 Å². The van der Waals surface area contributed by atoms with Gasteiger partial charge < -0.3 is 14.0 Å². The number of esters is 1. The molecular formula is C21H22N2O4. The van der Waals surface area contributed by atoms with Crippen LogP contribution in [0.2, 0.25) is 0 Å². The van der Waals surface area contributed by atoms with E-state index in [9.17, 15) is 4.79 Å². The van der Waals surface area contributed by atoms with Crippen molar-refractivity contribution in [1.29, 1.82) is 0 Å². The molecule has 0 saturated carbocycles. The normalized spacial score (nSPS) is 11.4. The van der Waals surface area contributed by atoms with E-state index in [-0.39, 0.29) is 6.61 Å². The lowest BCUT2D eigenvalue weighted by Crippen LogP contribution is -2.01. The first-order chi connectivity index (χ1) is 13.0. The molecule has 0 unspecified atom stereocenters. The van der Waals surface area contributed by atoms with E-state index in [0.29, 0.717) is 17.6 Å². The number of rotatable bonds is 7. The van der Waals surface area contributed by atoms with Crippen molar-refractivity contribution in [2.45, 2.75) is 26.9 Å². The van der Waals surface area contributed by atoms with Gasteiger partial charge in [0.1, 0.15) is 5.75 Å². The van der Waals surface area contributed by atoms with Crippen LogP contribution in [-0.4, -0.2) is 23.2 Å². The van der Waals surface area contributed by atoms with Crippen molar-refractivity contribution in [3.8, 4) is 5.75 Å². The summed E-state index contributed by atoms with van der Waals surface area (Å²) in [7, 11) is 1.64. The Balaban J connectivity index is 1.57. The minimum Gasteiger partial charge on any atom is -0.497 e. The standard InChI is InChI=1S/C21H22N2O4/c1-14(2)10-19-22-20(27-23-19)13-26-21(24)9-5-15-4-6-17-12-18(25-3)8-7-16(17)11-15/h4-9,11-12,14H,10,13H2,1-3H3/b9-5+. The second-order valence-corrected chi connectivity index (χ2v) is 6.62. The fourth-order valence-corrected chi connectivity index (χ4v) is 2.62. The molecular weight excluding hydrogens is 344 g/mol. The zero-order chi connectivity index (χ0) is 19.2. The molecule has 3 aromatic rings. The molecule has 0 spiro atoms. The smallest absolute Gasteiger partial charge is 0.331 e. The Labute approximate surface area is 157 Å². The molecule has 0 N–H and O–H groups in total. The molecule has 3 rings (SSSR count). The molecule has 1 heterocycles. The number of carbonyl (C=O) groups is 1. The van der Waals surface area contributed by atoms with Gasteiger partial charge in [-0.2, -0.15) is 4.98 Å². The Hall–Kier alpha value is -3.15. The minimum absolute atomic E-state index is 0.0359. The van der Waals surface area contributed by atoms with Gasteiger partial charge in [-0.1, -0.05) is 37.2 Å². The predicted octanol–water partition coefficient (Wildman–Crippen LogP) is 4.19. The van der Waals surface area contributed by atoms with Crippen LogP contribution in [0.1, 0.15) is 31.1 Å². The van der Waals surface area contributed by atoms with Gasteiger partial charge in [0, 0.05) is 12.5 Å². The molecule has 0 aliphatic rings. The number of methoxy groups -OCH3 is 1. The van der Waals surface area contributed by atoms with Gasteiger partial charge in [-0.15, -0.1) is 0 Å². The van der Waals surface area contributed by atoms with Crippen LogP contribution in [-0.2, 0) is 22.6 Å². The fraction of sp³-hybridized carbons (Fsp3) is 0.286. The fourth-order valence-electron chi connectivity index (χ4n) is 2.62. The maximum absolute atomic E-state index is 11.9. The molecule has 6 heteroatoms. The lowest BCUT2D eigenvalue weighted by atomic mass is 10.1. The van der Waals surface area contributed by atoms with Gasteiger partial charge in [0.15, 0.2) is 12.4 Å². The molecule has 140 valence electrons. The van der Waals surface area contributed by atoms with Gasteiger partial charge in [-0.05, 0) is 46.5 Å². The summed E-state index contributed by atoms with van der Waals surface area (Å²) in [5.74, 6) is 1.70. The molecule has 1 aromatic heterocycles. The average molecular weight is 366 g/mol. The van der Waals surface area contributed by atoms with Crippen LogP contribution in [0.3, 0.4) is 0 Å². The summed E-state index contributed by atoms with van der Waals surface area (Å²) < 4.78 is 15.4. The third-order valence-electron chi connectivity index (χ3n) is 3.92. The quantitative estimate of drug-likeness (QED) is 0.461. The number of aromatic nitrogens is 2. The third-order valence-corrected chi connectivity index (χ3v) is 3.92. The number of ether oxygens (including phenoxy) is 2. The van der Waals surface area contributed by atoms with Crippen LogP contribution < -0.4 is 4.74 Å². The highest BCUT2D eigenvalue weighted by Gasteiger charge is 2.09. The second kappa shape index (κ2) is 8.49. The lowest BCUT2D eigenvalue weighted by molar-refractivity contribution is -0.139. The number of hydrogen-bond donors (Lipinski definition) is 0. The molecule has 0 amide bonds. The number of hydrogen-bond acceptors (Lipinski definition) is 6. The van der Waals surface area contributed by atoms with E-state index in [1.54, 1.807) is 13.2 Å². The van der Waals surface area contributed by atoms with Crippen LogP contribution in [0.25, 0.3) is 16.8 Å². The van der Waals surface area contributed by atoms with Crippen molar-refractivity contribution in [2.75, 3.05) is 7.11 Å². The first kappa shape index (κ1) is 18.6. The largest absolute Gasteiger partial charge is 0.497 e. The summed E-state index contributed by atoms with van der Waals surface area (Å²) in [5.41, 5.74) is 0.904. The highest BCUT2D eigenvalue weighted by Crippen LogP contribution is 2.22. The van der Waals surface area contributed by atoms with Gasteiger partial charge >= 0.3 is 5.97 Å². The topological polar surface area (TPSA) is 74.5 Å². The third kappa shape index (κ3) is 5.17. The van der Waals surface area contributed by atoms with Gasteiger partial charge in [-0.25, -0.2) is 4.79 Å². The van der Waals surface area contributed by atoms with E-state index >= 15 is 0 Å². The van der Waals surface area contributed by atoms with E-state index in [4.69, 9.17) is 14.0 Å². The second-order valence-electron chi connectivity index (χ2n) is 6.62. The predicted molar refractivity (Wildman–Crippen MR) is 102 cm³/mol. The Morgan fingerprint density at radius 1 is 1.19 bits per heavy atom. The minimum atomic E-state index is -0.464. The lowest BCUT2D eigenvalue weighted by Gasteiger charge is -2.03.